The highest BCUT2D eigenvalue weighted by Crippen LogP contribution is 2.60. The van der Waals surface area contributed by atoms with Gasteiger partial charge in [0.2, 0.25) is 0 Å². The zero-order valence-electron chi connectivity index (χ0n) is 9.70. The molecule has 0 radical (unpaired) electrons. The molecular weight excluding hydrogens is 200 g/mol. The molecule has 0 N–H and O–H groups in total. The predicted molar refractivity (Wildman–Crippen MR) is 68.2 cm³/mol. The van der Waals surface area contributed by atoms with E-state index in [-0.39, 0.29) is 0 Å². The van der Waals surface area contributed by atoms with Crippen molar-refractivity contribution >= 4 is 12.6 Å². The first-order chi connectivity index (χ1) is 7.38. The van der Waals surface area contributed by atoms with Gasteiger partial charge in [0.25, 0.3) is 0 Å². The van der Waals surface area contributed by atoms with Gasteiger partial charge in [-0.15, -0.1) is 0 Å². The largest absolute Gasteiger partial charge is 0.179 e. The SMILES string of the molecule is SCCCCC1CC2C3CCC(C3)C2C1. The van der Waals surface area contributed by atoms with Crippen molar-refractivity contribution in [3.05, 3.63) is 0 Å². The maximum Gasteiger partial charge on any atom is -0.00979 e. The second-order valence-electron chi connectivity index (χ2n) is 6.22. The highest BCUT2D eigenvalue weighted by Gasteiger charge is 2.51. The van der Waals surface area contributed by atoms with E-state index in [1.807, 2.05) is 0 Å². The van der Waals surface area contributed by atoms with E-state index in [1.54, 1.807) is 32.1 Å². The van der Waals surface area contributed by atoms with Crippen LogP contribution in [0, 0.1) is 29.6 Å². The Kier molecular flexibility index (Phi) is 3.02. The predicted octanol–water partition coefficient (Wildman–Crippen LogP) is 4.16. The molecule has 0 aromatic rings. The Labute approximate surface area is 99.6 Å². The van der Waals surface area contributed by atoms with Crippen molar-refractivity contribution < 1.29 is 0 Å². The molecule has 0 heterocycles. The molecule has 0 aromatic carbocycles. The van der Waals surface area contributed by atoms with Crippen LogP contribution < -0.4 is 0 Å². The van der Waals surface area contributed by atoms with Crippen molar-refractivity contribution in [3.8, 4) is 0 Å². The molecule has 1 heteroatoms. The van der Waals surface area contributed by atoms with Crippen LogP contribution in [0.1, 0.15) is 51.4 Å². The number of hydrogen-bond donors (Lipinski definition) is 1. The van der Waals surface area contributed by atoms with E-state index in [1.165, 1.54) is 31.1 Å². The van der Waals surface area contributed by atoms with Gasteiger partial charge >= 0.3 is 0 Å². The Morgan fingerprint density at radius 3 is 2.13 bits per heavy atom. The van der Waals surface area contributed by atoms with E-state index in [0.717, 1.165) is 23.5 Å². The second-order valence-corrected chi connectivity index (χ2v) is 6.66. The van der Waals surface area contributed by atoms with Crippen molar-refractivity contribution in [1.82, 2.24) is 0 Å². The monoisotopic (exact) mass is 224 g/mol. The van der Waals surface area contributed by atoms with Crippen LogP contribution >= 0.6 is 12.6 Å². The molecule has 3 fully saturated rings. The van der Waals surface area contributed by atoms with Gasteiger partial charge in [-0.3, -0.25) is 0 Å². The summed E-state index contributed by atoms with van der Waals surface area (Å²) >= 11 is 4.30. The zero-order valence-corrected chi connectivity index (χ0v) is 10.6. The third-order valence-electron chi connectivity index (χ3n) is 5.51. The molecule has 3 saturated carbocycles. The van der Waals surface area contributed by atoms with Gasteiger partial charge in [-0.1, -0.05) is 12.8 Å². The molecular formula is C14H24S. The lowest BCUT2D eigenvalue weighted by atomic mass is 9.82. The molecule has 3 aliphatic rings. The van der Waals surface area contributed by atoms with Crippen LogP contribution in [-0.2, 0) is 0 Å². The van der Waals surface area contributed by atoms with Crippen LogP contribution in [0.25, 0.3) is 0 Å². The molecule has 2 bridgehead atoms. The summed E-state index contributed by atoms with van der Waals surface area (Å²) in [4.78, 5) is 0. The van der Waals surface area contributed by atoms with E-state index in [0.29, 0.717) is 0 Å². The normalized spacial score (nSPS) is 47.4. The van der Waals surface area contributed by atoms with E-state index >= 15 is 0 Å². The number of fused-ring (bicyclic) bond motifs is 5. The lowest BCUT2D eigenvalue weighted by molar-refractivity contribution is 0.259. The standard InChI is InChI=1S/C14H24S/c15-6-2-1-3-10-7-13-11-4-5-12(9-11)14(13)8-10/h10-15H,1-9H2. The first-order valence-corrected chi connectivity index (χ1v) is 7.62. The van der Waals surface area contributed by atoms with E-state index in [9.17, 15) is 0 Å². The maximum atomic E-state index is 4.30. The number of thiol groups is 1. The summed E-state index contributed by atoms with van der Waals surface area (Å²) in [5.74, 6) is 6.85. The molecule has 4 unspecified atom stereocenters. The summed E-state index contributed by atoms with van der Waals surface area (Å²) in [7, 11) is 0. The van der Waals surface area contributed by atoms with Crippen molar-refractivity contribution in [3.63, 3.8) is 0 Å². The molecule has 0 nitrogen and oxygen atoms in total. The molecule has 0 aliphatic heterocycles. The molecule has 0 saturated heterocycles. The van der Waals surface area contributed by atoms with Gasteiger partial charge in [-0.05, 0) is 73.9 Å². The molecule has 0 aromatic heterocycles. The van der Waals surface area contributed by atoms with Crippen LogP contribution in [0.3, 0.4) is 0 Å². The molecule has 3 rings (SSSR count). The molecule has 15 heavy (non-hydrogen) atoms. The molecule has 0 spiro atoms. The molecule has 86 valence electrons. The highest BCUT2D eigenvalue weighted by atomic mass is 32.1. The van der Waals surface area contributed by atoms with Gasteiger partial charge in [0, 0.05) is 0 Å². The quantitative estimate of drug-likeness (QED) is 0.538. The van der Waals surface area contributed by atoms with Crippen molar-refractivity contribution in [2.45, 2.75) is 51.4 Å². The Bertz CT molecular complexity index is 207. The van der Waals surface area contributed by atoms with Crippen LogP contribution in [-0.4, -0.2) is 5.75 Å². The smallest absolute Gasteiger partial charge is 0.00979 e. The fourth-order valence-corrected chi connectivity index (χ4v) is 5.13. The van der Waals surface area contributed by atoms with Gasteiger partial charge in [0.15, 0.2) is 0 Å². The Morgan fingerprint density at radius 1 is 0.867 bits per heavy atom. The minimum absolute atomic E-state index is 1.09. The summed E-state index contributed by atoms with van der Waals surface area (Å²) in [6.07, 6.45) is 12.2. The van der Waals surface area contributed by atoms with Gasteiger partial charge in [0.05, 0.1) is 0 Å². The highest BCUT2D eigenvalue weighted by molar-refractivity contribution is 7.80. The van der Waals surface area contributed by atoms with E-state index < -0.39 is 0 Å². The van der Waals surface area contributed by atoms with Crippen LogP contribution in [0.15, 0.2) is 0 Å². The minimum atomic E-state index is 1.09. The summed E-state index contributed by atoms with van der Waals surface area (Å²) in [6, 6.07) is 0. The van der Waals surface area contributed by atoms with Crippen LogP contribution in [0.5, 0.6) is 0 Å². The van der Waals surface area contributed by atoms with Gasteiger partial charge < -0.3 is 0 Å². The van der Waals surface area contributed by atoms with Crippen LogP contribution in [0.4, 0.5) is 0 Å². The lowest BCUT2D eigenvalue weighted by Crippen LogP contribution is -2.15. The molecule has 3 aliphatic carbocycles. The van der Waals surface area contributed by atoms with Crippen molar-refractivity contribution in [2.75, 3.05) is 5.75 Å². The Hall–Kier alpha value is 0.350. The van der Waals surface area contributed by atoms with Crippen LogP contribution in [0.2, 0.25) is 0 Å². The third kappa shape index (κ3) is 1.85. The number of unbranched alkanes of at least 4 members (excludes halogenated alkanes) is 1. The Morgan fingerprint density at radius 2 is 1.53 bits per heavy atom. The average Bonchev–Trinajstić information content (AvgIpc) is 2.89. The lowest BCUT2D eigenvalue weighted by Gasteiger charge is -2.23. The second kappa shape index (κ2) is 4.31. The van der Waals surface area contributed by atoms with E-state index in [4.69, 9.17) is 0 Å². The average molecular weight is 224 g/mol. The van der Waals surface area contributed by atoms with Gasteiger partial charge in [-0.2, -0.15) is 12.6 Å². The third-order valence-corrected chi connectivity index (χ3v) is 5.82. The van der Waals surface area contributed by atoms with Crippen molar-refractivity contribution in [2.24, 2.45) is 29.6 Å². The fraction of sp³-hybridized carbons (Fsp3) is 1.00. The summed E-state index contributed by atoms with van der Waals surface area (Å²) in [5, 5.41) is 0. The minimum Gasteiger partial charge on any atom is -0.179 e. The van der Waals surface area contributed by atoms with E-state index in [2.05, 4.69) is 12.6 Å². The first kappa shape index (κ1) is 10.5. The summed E-state index contributed by atoms with van der Waals surface area (Å²) in [5.41, 5.74) is 0. The number of rotatable bonds is 4. The Balaban J connectivity index is 1.51. The van der Waals surface area contributed by atoms with Gasteiger partial charge in [-0.25, -0.2) is 0 Å². The zero-order chi connectivity index (χ0) is 10.3. The first-order valence-electron chi connectivity index (χ1n) is 6.99. The molecule has 4 atom stereocenters. The maximum absolute atomic E-state index is 4.30. The summed E-state index contributed by atoms with van der Waals surface area (Å²) in [6.45, 7) is 0. The number of hydrogen-bond acceptors (Lipinski definition) is 1. The summed E-state index contributed by atoms with van der Waals surface area (Å²) < 4.78 is 0. The fourth-order valence-electron chi connectivity index (χ4n) is 4.91. The van der Waals surface area contributed by atoms with Crippen molar-refractivity contribution in [1.29, 1.82) is 0 Å². The topological polar surface area (TPSA) is 0 Å². The molecule has 0 amide bonds. The van der Waals surface area contributed by atoms with Gasteiger partial charge in [0.1, 0.15) is 0 Å².